The van der Waals surface area contributed by atoms with Crippen molar-refractivity contribution >= 4 is 17.3 Å². The van der Waals surface area contributed by atoms with Crippen LogP contribution in [0.15, 0.2) is 36.4 Å². The molecule has 0 radical (unpaired) electrons. The van der Waals surface area contributed by atoms with Crippen LogP contribution in [-0.2, 0) is 6.54 Å². The molecule has 2 aliphatic rings. The second-order valence-corrected chi connectivity index (χ2v) is 9.92. The molecule has 1 aromatic heterocycles. The minimum atomic E-state index is 0.159. The highest BCUT2D eigenvalue weighted by molar-refractivity contribution is 6.30. The topological polar surface area (TPSA) is 68.5 Å². The van der Waals surface area contributed by atoms with Gasteiger partial charge >= 0.3 is 0 Å². The van der Waals surface area contributed by atoms with Crippen molar-refractivity contribution in [3.05, 3.63) is 58.4 Å². The molecule has 9 heteroatoms. The fourth-order valence-corrected chi connectivity index (χ4v) is 5.00. The number of hydrogen-bond acceptors (Lipinski definition) is 7. The van der Waals surface area contributed by atoms with E-state index in [1.165, 1.54) is 11.3 Å². The van der Waals surface area contributed by atoms with Crippen molar-refractivity contribution < 1.29 is 9.47 Å². The summed E-state index contributed by atoms with van der Waals surface area (Å²) >= 11 is 6.28. The SMILES string of the molecule is Cc1ccc(Cl)cc1N1CCN([C@@H](CC(C)C)c2nnnn2Cc2ccc3c(c2)OCO3)CC1. The number of piperazine rings is 1. The predicted molar refractivity (Wildman–Crippen MR) is 132 cm³/mol. The third-order valence-electron chi connectivity index (χ3n) is 6.59. The standard InChI is InChI=1S/C25H31ClN6O2/c1-17(2)12-22(31-10-8-30(9-11-31)21-14-20(26)6-4-18(21)3)25-27-28-29-32(25)15-19-5-7-23-24(13-19)34-16-33-23/h4-7,13-14,17,22H,8-12,15-16H2,1-3H3/t22-/m0/s1. The molecule has 1 atom stereocenters. The first kappa shape index (κ1) is 22.9. The monoisotopic (exact) mass is 482 g/mol. The summed E-state index contributed by atoms with van der Waals surface area (Å²) in [5.74, 6) is 3.00. The van der Waals surface area contributed by atoms with E-state index >= 15 is 0 Å². The van der Waals surface area contributed by atoms with Crippen LogP contribution >= 0.6 is 11.6 Å². The van der Waals surface area contributed by atoms with E-state index in [1.54, 1.807) is 0 Å². The molecular formula is C25H31ClN6O2. The van der Waals surface area contributed by atoms with E-state index in [1.807, 2.05) is 28.9 Å². The Morgan fingerprint density at radius 1 is 1.00 bits per heavy atom. The first-order chi connectivity index (χ1) is 16.5. The highest BCUT2D eigenvalue weighted by atomic mass is 35.5. The minimum absolute atomic E-state index is 0.159. The lowest BCUT2D eigenvalue weighted by atomic mass is 10.0. The van der Waals surface area contributed by atoms with Crippen LogP contribution in [0.1, 0.15) is 43.3 Å². The van der Waals surface area contributed by atoms with Gasteiger partial charge in [-0.3, -0.25) is 4.90 Å². The number of fused-ring (bicyclic) bond motifs is 1. The van der Waals surface area contributed by atoms with Gasteiger partial charge in [0.05, 0.1) is 12.6 Å². The lowest BCUT2D eigenvalue weighted by Crippen LogP contribution is -2.48. The maximum absolute atomic E-state index is 6.28. The number of ether oxygens (including phenoxy) is 2. The first-order valence-electron chi connectivity index (χ1n) is 11.9. The van der Waals surface area contributed by atoms with Gasteiger partial charge in [0.15, 0.2) is 17.3 Å². The Kier molecular flexibility index (Phi) is 6.61. The molecule has 1 fully saturated rings. The third-order valence-corrected chi connectivity index (χ3v) is 6.82. The number of hydrogen-bond donors (Lipinski definition) is 0. The Morgan fingerprint density at radius 3 is 2.59 bits per heavy atom. The van der Waals surface area contributed by atoms with Crippen molar-refractivity contribution in [1.29, 1.82) is 0 Å². The lowest BCUT2D eigenvalue weighted by Gasteiger charge is -2.40. The van der Waals surface area contributed by atoms with E-state index in [2.05, 4.69) is 58.2 Å². The molecule has 34 heavy (non-hydrogen) atoms. The van der Waals surface area contributed by atoms with Gasteiger partial charge in [-0.25, -0.2) is 4.68 Å². The zero-order chi connectivity index (χ0) is 23.7. The van der Waals surface area contributed by atoms with Crippen LogP contribution in [0.25, 0.3) is 0 Å². The van der Waals surface area contributed by atoms with Gasteiger partial charge in [-0.1, -0.05) is 37.6 Å². The van der Waals surface area contributed by atoms with E-state index in [0.29, 0.717) is 12.5 Å². The largest absolute Gasteiger partial charge is 0.454 e. The highest BCUT2D eigenvalue weighted by Crippen LogP contribution is 2.34. The van der Waals surface area contributed by atoms with Gasteiger partial charge in [0.2, 0.25) is 6.79 Å². The molecular weight excluding hydrogens is 452 g/mol. The van der Waals surface area contributed by atoms with E-state index in [0.717, 1.165) is 60.5 Å². The van der Waals surface area contributed by atoms with Gasteiger partial charge < -0.3 is 14.4 Å². The Hall–Kier alpha value is -2.84. The molecule has 180 valence electrons. The lowest BCUT2D eigenvalue weighted by molar-refractivity contribution is 0.153. The normalized spacial score (nSPS) is 16.9. The smallest absolute Gasteiger partial charge is 0.231 e. The van der Waals surface area contributed by atoms with Crippen molar-refractivity contribution in [2.24, 2.45) is 5.92 Å². The third kappa shape index (κ3) is 4.83. The maximum atomic E-state index is 6.28. The van der Waals surface area contributed by atoms with Gasteiger partial charge in [-0.05, 0) is 65.1 Å². The zero-order valence-corrected chi connectivity index (χ0v) is 20.7. The van der Waals surface area contributed by atoms with E-state index in [9.17, 15) is 0 Å². The average Bonchev–Trinajstić information content (AvgIpc) is 3.48. The zero-order valence-electron chi connectivity index (χ0n) is 19.9. The molecule has 3 aromatic rings. The summed E-state index contributed by atoms with van der Waals surface area (Å²) in [7, 11) is 0. The molecule has 3 heterocycles. The second kappa shape index (κ2) is 9.80. The maximum Gasteiger partial charge on any atom is 0.231 e. The first-order valence-corrected chi connectivity index (χ1v) is 12.3. The van der Waals surface area contributed by atoms with E-state index < -0.39 is 0 Å². The average molecular weight is 483 g/mol. The molecule has 2 aliphatic heterocycles. The quantitative estimate of drug-likeness (QED) is 0.496. The number of aryl methyl sites for hydroxylation is 1. The molecule has 0 saturated carbocycles. The fraction of sp³-hybridized carbons (Fsp3) is 0.480. The van der Waals surface area contributed by atoms with Crippen LogP contribution in [0.3, 0.4) is 0 Å². The molecule has 0 amide bonds. The van der Waals surface area contributed by atoms with Crippen LogP contribution in [0, 0.1) is 12.8 Å². The summed E-state index contributed by atoms with van der Waals surface area (Å²) in [4.78, 5) is 4.96. The summed E-state index contributed by atoms with van der Waals surface area (Å²) < 4.78 is 12.9. The number of benzene rings is 2. The fourth-order valence-electron chi connectivity index (χ4n) is 4.84. The minimum Gasteiger partial charge on any atom is -0.454 e. The Labute approximate surface area is 205 Å². The van der Waals surface area contributed by atoms with Gasteiger partial charge in [0.1, 0.15) is 0 Å². The van der Waals surface area contributed by atoms with E-state index in [-0.39, 0.29) is 12.8 Å². The van der Waals surface area contributed by atoms with Crippen LogP contribution in [-0.4, -0.2) is 58.1 Å². The Balaban J connectivity index is 1.33. The van der Waals surface area contributed by atoms with Crippen molar-refractivity contribution in [2.75, 3.05) is 37.9 Å². The molecule has 1 saturated heterocycles. The van der Waals surface area contributed by atoms with Crippen molar-refractivity contribution in [1.82, 2.24) is 25.1 Å². The van der Waals surface area contributed by atoms with Crippen LogP contribution in [0.5, 0.6) is 11.5 Å². The molecule has 0 N–H and O–H groups in total. The van der Waals surface area contributed by atoms with Crippen molar-refractivity contribution in [3.63, 3.8) is 0 Å². The molecule has 5 rings (SSSR count). The molecule has 8 nitrogen and oxygen atoms in total. The Morgan fingerprint density at radius 2 is 1.79 bits per heavy atom. The molecule has 0 aliphatic carbocycles. The van der Waals surface area contributed by atoms with Gasteiger partial charge in [0.25, 0.3) is 0 Å². The summed E-state index contributed by atoms with van der Waals surface area (Å²) in [5, 5.41) is 13.7. The molecule has 0 bridgehead atoms. The predicted octanol–water partition coefficient (Wildman–Crippen LogP) is 4.32. The van der Waals surface area contributed by atoms with Gasteiger partial charge in [-0.2, -0.15) is 0 Å². The second-order valence-electron chi connectivity index (χ2n) is 9.48. The number of nitrogens with zero attached hydrogens (tertiary/aromatic N) is 6. The molecule has 0 spiro atoms. The number of halogens is 1. The van der Waals surface area contributed by atoms with Crippen molar-refractivity contribution in [2.45, 2.75) is 39.8 Å². The number of tetrazole rings is 1. The number of aromatic nitrogens is 4. The summed E-state index contributed by atoms with van der Waals surface area (Å²) in [6.07, 6.45) is 0.998. The van der Waals surface area contributed by atoms with Crippen molar-refractivity contribution in [3.8, 4) is 11.5 Å². The Bertz CT molecular complexity index is 1140. The van der Waals surface area contributed by atoms with Crippen LogP contribution in [0.4, 0.5) is 5.69 Å². The van der Waals surface area contributed by atoms with Gasteiger partial charge in [-0.15, -0.1) is 5.10 Å². The van der Waals surface area contributed by atoms with Gasteiger partial charge in [0, 0.05) is 36.9 Å². The molecule has 0 unspecified atom stereocenters. The van der Waals surface area contributed by atoms with E-state index in [4.69, 9.17) is 21.1 Å². The number of anilines is 1. The highest BCUT2D eigenvalue weighted by Gasteiger charge is 2.30. The van der Waals surface area contributed by atoms with Crippen LogP contribution in [0.2, 0.25) is 5.02 Å². The summed E-state index contributed by atoms with van der Waals surface area (Å²) in [5.41, 5.74) is 3.56. The molecule has 2 aromatic carbocycles. The van der Waals surface area contributed by atoms with Crippen LogP contribution < -0.4 is 14.4 Å². The summed E-state index contributed by atoms with van der Waals surface area (Å²) in [6.45, 7) is 11.3. The summed E-state index contributed by atoms with van der Waals surface area (Å²) in [6, 6.07) is 12.3. The number of rotatable bonds is 7.